The van der Waals surface area contributed by atoms with Crippen LogP contribution in [0.1, 0.15) is 33.1 Å². The number of hydrogen-bond acceptors (Lipinski definition) is 2. The zero-order chi connectivity index (χ0) is 7.82. The van der Waals surface area contributed by atoms with Crippen molar-refractivity contribution in [1.82, 2.24) is 0 Å². The van der Waals surface area contributed by atoms with Gasteiger partial charge in [-0.25, -0.2) is 0 Å². The first-order chi connectivity index (χ1) is 4.81. The molecular formula is C8H15O2Zr-. The topological polar surface area (TPSA) is 26.3 Å². The van der Waals surface area contributed by atoms with E-state index in [1.54, 1.807) is 6.42 Å². The average molecular weight is 234 g/mol. The number of unbranched alkanes of at least 4 members (excludes halogenated alkanes) is 2. The molecule has 0 N–H and O–H groups in total. The summed E-state index contributed by atoms with van der Waals surface area (Å²) in [5.41, 5.74) is 0. The molecule has 2 nitrogen and oxygen atoms in total. The van der Waals surface area contributed by atoms with Crippen LogP contribution in [0.3, 0.4) is 0 Å². The Kier molecular flexibility index (Phi) is 12.8. The van der Waals surface area contributed by atoms with Crippen LogP contribution in [-0.4, -0.2) is 12.6 Å². The van der Waals surface area contributed by atoms with E-state index in [0.717, 1.165) is 19.3 Å². The minimum absolute atomic E-state index is 0. The van der Waals surface area contributed by atoms with Crippen molar-refractivity contribution < 1.29 is 35.7 Å². The largest absolute Gasteiger partial charge is 0.488 e. The molecule has 0 saturated heterocycles. The molecule has 64 valence electrons. The maximum atomic E-state index is 10.6. The second-order valence-corrected chi connectivity index (χ2v) is 2.10. The number of carbonyl (C=O) groups is 1. The zero-order valence-corrected chi connectivity index (χ0v) is 9.68. The third-order valence-electron chi connectivity index (χ3n) is 1.16. The Morgan fingerprint density at radius 3 is 2.55 bits per heavy atom. The SMILES string of the molecule is CCCC[CH-]C(=O)OCC.[Zr]. The van der Waals surface area contributed by atoms with Crippen LogP contribution in [0.4, 0.5) is 0 Å². The van der Waals surface area contributed by atoms with Crippen LogP contribution in [0, 0.1) is 6.42 Å². The maximum absolute atomic E-state index is 10.6. The normalized spacial score (nSPS) is 8.18. The minimum Gasteiger partial charge on any atom is -0.488 e. The molecule has 3 heteroatoms. The molecule has 0 rings (SSSR count). The van der Waals surface area contributed by atoms with E-state index in [2.05, 4.69) is 6.92 Å². The molecule has 0 heterocycles. The first-order valence-corrected chi connectivity index (χ1v) is 3.81. The van der Waals surface area contributed by atoms with E-state index in [1.807, 2.05) is 6.92 Å². The van der Waals surface area contributed by atoms with Gasteiger partial charge in [-0.2, -0.15) is 6.42 Å². The summed E-state index contributed by atoms with van der Waals surface area (Å²) in [6.45, 7) is 4.38. The molecule has 0 saturated carbocycles. The van der Waals surface area contributed by atoms with E-state index in [9.17, 15) is 4.79 Å². The fourth-order valence-corrected chi connectivity index (χ4v) is 0.625. The van der Waals surface area contributed by atoms with Crippen molar-refractivity contribution in [3.05, 3.63) is 6.42 Å². The monoisotopic (exact) mass is 233 g/mol. The number of esters is 1. The molecule has 0 aliphatic carbocycles. The second-order valence-electron chi connectivity index (χ2n) is 2.10. The van der Waals surface area contributed by atoms with Gasteiger partial charge in [0.1, 0.15) is 0 Å². The molecule has 0 radical (unpaired) electrons. The summed E-state index contributed by atoms with van der Waals surface area (Å²) in [6, 6.07) is 0. The Bertz CT molecular complexity index is 94.1. The van der Waals surface area contributed by atoms with Crippen LogP contribution < -0.4 is 0 Å². The van der Waals surface area contributed by atoms with Crippen molar-refractivity contribution in [2.45, 2.75) is 33.1 Å². The van der Waals surface area contributed by atoms with Crippen LogP contribution in [0.2, 0.25) is 0 Å². The summed E-state index contributed by atoms with van der Waals surface area (Å²) in [7, 11) is 0. The summed E-state index contributed by atoms with van der Waals surface area (Å²) < 4.78 is 4.69. The molecule has 11 heavy (non-hydrogen) atoms. The molecule has 0 unspecified atom stereocenters. The minimum atomic E-state index is -0.184. The fraction of sp³-hybridized carbons (Fsp3) is 0.750. The standard InChI is InChI=1S/C8H15O2.Zr/c1-3-5-6-7-8(9)10-4-2;/h7H,3-6H2,1-2H3;/q-1;. The zero-order valence-electron chi connectivity index (χ0n) is 7.22. The Morgan fingerprint density at radius 2 is 2.09 bits per heavy atom. The van der Waals surface area contributed by atoms with Crippen LogP contribution in [-0.2, 0) is 35.7 Å². The van der Waals surface area contributed by atoms with Crippen LogP contribution >= 0.6 is 0 Å². The molecular weight excluding hydrogens is 219 g/mol. The van der Waals surface area contributed by atoms with Gasteiger partial charge >= 0.3 is 0 Å². The first-order valence-electron chi connectivity index (χ1n) is 3.81. The smallest absolute Gasteiger partial charge is 0.167 e. The summed E-state index contributed by atoms with van der Waals surface area (Å²) >= 11 is 0. The molecule has 0 bridgehead atoms. The van der Waals surface area contributed by atoms with Crippen molar-refractivity contribution in [3.63, 3.8) is 0 Å². The molecule has 0 aliphatic rings. The summed E-state index contributed by atoms with van der Waals surface area (Å²) in [4.78, 5) is 10.6. The average Bonchev–Trinajstić information content (AvgIpc) is 1.89. The van der Waals surface area contributed by atoms with E-state index in [-0.39, 0.29) is 32.2 Å². The summed E-state index contributed by atoms with van der Waals surface area (Å²) in [6.07, 6.45) is 4.64. The third-order valence-corrected chi connectivity index (χ3v) is 1.16. The van der Waals surface area contributed by atoms with E-state index in [0.29, 0.717) is 6.61 Å². The van der Waals surface area contributed by atoms with Crippen LogP contribution in [0.5, 0.6) is 0 Å². The van der Waals surface area contributed by atoms with Gasteiger partial charge in [0, 0.05) is 26.2 Å². The second kappa shape index (κ2) is 10.2. The molecule has 0 fully saturated rings. The quantitative estimate of drug-likeness (QED) is 0.413. The molecule has 0 atom stereocenters. The number of carbonyl (C=O) groups excluding carboxylic acids is 1. The maximum Gasteiger partial charge on any atom is 0.167 e. The molecule has 0 amide bonds. The Labute approximate surface area is 87.8 Å². The van der Waals surface area contributed by atoms with E-state index >= 15 is 0 Å². The van der Waals surface area contributed by atoms with Crippen molar-refractivity contribution >= 4 is 5.97 Å². The summed E-state index contributed by atoms with van der Waals surface area (Å²) in [5.74, 6) is -0.184. The van der Waals surface area contributed by atoms with Gasteiger partial charge in [-0.15, -0.1) is 0 Å². The van der Waals surface area contributed by atoms with Gasteiger partial charge in [0.2, 0.25) is 0 Å². The molecule has 0 aliphatic heterocycles. The van der Waals surface area contributed by atoms with Crippen molar-refractivity contribution in [2.24, 2.45) is 0 Å². The van der Waals surface area contributed by atoms with Gasteiger partial charge < -0.3 is 4.74 Å². The van der Waals surface area contributed by atoms with E-state index < -0.39 is 0 Å². The van der Waals surface area contributed by atoms with Gasteiger partial charge in [-0.3, -0.25) is 11.2 Å². The molecule has 0 aromatic rings. The molecule has 0 spiro atoms. The predicted molar refractivity (Wildman–Crippen MR) is 40.5 cm³/mol. The van der Waals surface area contributed by atoms with Crippen LogP contribution in [0.25, 0.3) is 0 Å². The van der Waals surface area contributed by atoms with Gasteiger partial charge in [0.05, 0.1) is 6.61 Å². The molecule has 0 aromatic carbocycles. The van der Waals surface area contributed by atoms with Gasteiger partial charge in [-0.05, 0) is 6.92 Å². The van der Waals surface area contributed by atoms with Gasteiger partial charge in [0.15, 0.2) is 5.97 Å². The molecule has 0 aromatic heterocycles. The van der Waals surface area contributed by atoms with E-state index in [4.69, 9.17) is 4.74 Å². The van der Waals surface area contributed by atoms with Crippen molar-refractivity contribution in [1.29, 1.82) is 0 Å². The Hall–Kier alpha value is 0.223. The van der Waals surface area contributed by atoms with Gasteiger partial charge in [-0.1, -0.05) is 19.8 Å². The third kappa shape index (κ3) is 10.2. The van der Waals surface area contributed by atoms with Crippen molar-refractivity contribution in [3.8, 4) is 0 Å². The number of ether oxygens (including phenoxy) is 1. The van der Waals surface area contributed by atoms with Crippen molar-refractivity contribution in [2.75, 3.05) is 6.61 Å². The number of hydrogen-bond donors (Lipinski definition) is 0. The first kappa shape index (κ1) is 13.8. The Balaban J connectivity index is 0. The number of rotatable bonds is 5. The fourth-order valence-electron chi connectivity index (χ4n) is 0.625. The van der Waals surface area contributed by atoms with E-state index in [1.165, 1.54) is 0 Å². The Morgan fingerprint density at radius 1 is 1.45 bits per heavy atom. The van der Waals surface area contributed by atoms with Crippen LogP contribution in [0.15, 0.2) is 0 Å². The summed E-state index contributed by atoms with van der Waals surface area (Å²) in [5, 5.41) is 0. The van der Waals surface area contributed by atoms with Gasteiger partial charge in [0.25, 0.3) is 0 Å². The predicted octanol–water partition coefficient (Wildman–Crippen LogP) is 1.94.